The monoisotopic (exact) mass is 289 g/mol. The lowest BCUT2D eigenvalue weighted by Crippen LogP contribution is -2.23. The number of rotatable bonds is 5. The van der Waals surface area contributed by atoms with Crippen molar-refractivity contribution in [3.63, 3.8) is 0 Å². The van der Waals surface area contributed by atoms with Gasteiger partial charge in [-0.15, -0.1) is 11.3 Å². The molecular formula is C15H15NO3S. The van der Waals surface area contributed by atoms with E-state index in [2.05, 4.69) is 5.32 Å². The average molecular weight is 289 g/mol. The van der Waals surface area contributed by atoms with E-state index in [0.29, 0.717) is 23.6 Å². The van der Waals surface area contributed by atoms with Crippen molar-refractivity contribution >= 4 is 23.2 Å². The highest BCUT2D eigenvalue weighted by atomic mass is 32.1. The smallest absolute Gasteiger partial charge is 0.407 e. The minimum atomic E-state index is -0.447. The Morgan fingerprint density at radius 1 is 1.15 bits per heavy atom. The van der Waals surface area contributed by atoms with E-state index in [-0.39, 0.29) is 5.78 Å². The molecule has 1 aromatic heterocycles. The Morgan fingerprint density at radius 3 is 2.60 bits per heavy atom. The van der Waals surface area contributed by atoms with Gasteiger partial charge in [0.2, 0.25) is 5.78 Å². The summed E-state index contributed by atoms with van der Waals surface area (Å²) in [4.78, 5) is 25.0. The zero-order valence-corrected chi connectivity index (χ0v) is 11.9. The topological polar surface area (TPSA) is 55.4 Å². The minimum Gasteiger partial charge on any atom is -0.450 e. The lowest BCUT2D eigenvalue weighted by atomic mass is 10.1. The number of amides is 1. The normalized spacial score (nSPS) is 10.1. The first-order valence-electron chi connectivity index (χ1n) is 6.29. The van der Waals surface area contributed by atoms with E-state index in [1.807, 2.05) is 24.3 Å². The van der Waals surface area contributed by atoms with Crippen LogP contribution < -0.4 is 5.32 Å². The van der Waals surface area contributed by atoms with E-state index < -0.39 is 6.09 Å². The summed E-state index contributed by atoms with van der Waals surface area (Å²) in [7, 11) is 0. The van der Waals surface area contributed by atoms with Gasteiger partial charge in [-0.05, 0) is 19.1 Å². The van der Waals surface area contributed by atoms with Crippen molar-refractivity contribution in [2.24, 2.45) is 0 Å². The molecule has 0 aliphatic heterocycles. The van der Waals surface area contributed by atoms with E-state index in [9.17, 15) is 9.59 Å². The van der Waals surface area contributed by atoms with E-state index in [4.69, 9.17) is 4.74 Å². The fraction of sp³-hybridized carbons (Fsp3) is 0.200. The molecule has 20 heavy (non-hydrogen) atoms. The van der Waals surface area contributed by atoms with Crippen molar-refractivity contribution < 1.29 is 14.3 Å². The summed E-state index contributed by atoms with van der Waals surface area (Å²) in [5, 5.41) is 2.63. The second-order valence-electron chi connectivity index (χ2n) is 4.04. The molecule has 0 aliphatic rings. The number of carbonyl (C=O) groups is 2. The van der Waals surface area contributed by atoms with Crippen LogP contribution in [-0.2, 0) is 11.3 Å². The summed E-state index contributed by atoms with van der Waals surface area (Å²) in [6.07, 6.45) is -0.447. The predicted molar refractivity (Wildman–Crippen MR) is 78.1 cm³/mol. The van der Waals surface area contributed by atoms with Crippen molar-refractivity contribution in [1.82, 2.24) is 5.32 Å². The number of ether oxygens (including phenoxy) is 1. The Bertz CT molecular complexity index is 592. The summed E-state index contributed by atoms with van der Waals surface area (Å²) >= 11 is 1.38. The molecule has 0 saturated heterocycles. The average Bonchev–Trinajstić information content (AvgIpc) is 2.94. The second-order valence-corrected chi connectivity index (χ2v) is 5.20. The molecule has 0 atom stereocenters. The minimum absolute atomic E-state index is 0.00187. The number of alkyl carbamates (subject to hydrolysis) is 1. The molecule has 0 saturated carbocycles. The summed E-state index contributed by atoms with van der Waals surface area (Å²) in [5.74, 6) is -0.00187. The van der Waals surface area contributed by atoms with Crippen molar-refractivity contribution in [1.29, 1.82) is 0 Å². The van der Waals surface area contributed by atoms with Crippen molar-refractivity contribution in [3.05, 3.63) is 57.8 Å². The molecule has 1 aromatic carbocycles. The third kappa shape index (κ3) is 3.68. The quantitative estimate of drug-likeness (QED) is 0.860. The molecule has 104 valence electrons. The van der Waals surface area contributed by atoms with Gasteiger partial charge in [-0.1, -0.05) is 30.3 Å². The zero-order chi connectivity index (χ0) is 14.4. The fourth-order valence-corrected chi connectivity index (χ4v) is 2.58. The van der Waals surface area contributed by atoms with Crippen LogP contribution in [0.1, 0.15) is 27.0 Å². The van der Waals surface area contributed by atoms with Crippen LogP contribution >= 0.6 is 11.3 Å². The van der Waals surface area contributed by atoms with Gasteiger partial charge in [-0.25, -0.2) is 4.79 Å². The lowest BCUT2D eigenvalue weighted by Gasteiger charge is -2.02. The number of ketones is 1. The lowest BCUT2D eigenvalue weighted by molar-refractivity contribution is 0.104. The van der Waals surface area contributed by atoms with Gasteiger partial charge in [0.05, 0.1) is 18.0 Å². The molecule has 0 aliphatic carbocycles. The molecule has 4 nitrogen and oxygen atoms in total. The van der Waals surface area contributed by atoms with Crippen molar-refractivity contribution in [2.75, 3.05) is 6.61 Å². The third-order valence-corrected chi connectivity index (χ3v) is 3.69. The largest absolute Gasteiger partial charge is 0.450 e. The van der Waals surface area contributed by atoms with E-state index in [1.54, 1.807) is 25.1 Å². The highest BCUT2D eigenvalue weighted by Crippen LogP contribution is 2.20. The molecule has 2 aromatic rings. The van der Waals surface area contributed by atoms with E-state index >= 15 is 0 Å². The van der Waals surface area contributed by atoms with Gasteiger partial charge in [0.15, 0.2) is 0 Å². The number of nitrogens with one attached hydrogen (secondary N) is 1. The van der Waals surface area contributed by atoms with E-state index in [0.717, 1.165) is 4.88 Å². The molecule has 1 N–H and O–H groups in total. The van der Waals surface area contributed by atoms with Gasteiger partial charge < -0.3 is 10.1 Å². The van der Waals surface area contributed by atoms with Crippen LogP contribution in [0, 0.1) is 0 Å². The fourth-order valence-electron chi connectivity index (χ4n) is 1.67. The maximum atomic E-state index is 12.2. The van der Waals surface area contributed by atoms with Crippen LogP contribution in [0.5, 0.6) is 0 Å². The number of carbonyl (C=O) groups excluding carboxylic acids is 2. The van der Waals surface area contributed by atoms with Crippen LogP contribution in [-0.4, -0.2) is 18.5 Å². The molecule has 1 heterocycles. The molecule has 1 amide bonds. The van der Waals surface area contributed by atoms with Crippen LogP contribution in [0.2, 0.25) is 0 Å². The van der Waals surface area contributed by atoms with Gasteiger partial charge >= 0.3 is 6.09 Å². The number of hydrogen-bond acceptors (Lipinski definition) is 4. The molecule has 5 heteroatoms. The Hall–Kier alpha value is -2.14. The summed E-state index contributed by atoms with van der Waals surface area (Å²) in [6.45, 7) is 2.46. The summed E-state index contributed by atoms with van der Waals surface area (Å²) in [5.41, 5.74) is 0.666. The van der Waals surface area contributed by atoms with Gasteiger partial charge in [0.25, 0.3) is 0 Å². The highest BCUT2D eigenvalue weighted by molar-refractivity contribution is 7.14. The number of benzene rings is 1. The Balaban J connectivity index is 1.99. The SMILES string of the molecule is CCOC(=O)NCc1ccc(C(=O)c2ccccc2)s1. The molecule has 0 unspecified atom stereocenters. The molecule has 0 bridgehead atoms. The second kappa shape index (κ2) is 6.86. The summed E-state index contributed by atoms with van der Waals surface area (Å²) in [6, 6.07) is 12.8. The number of thiophene rings is 1. The Morgan fingerprint density at radius 2 is 1.90 bits per heavy atom. The van der Waals surface area contributed by atoms with Gasteiger partial charge in [-0.3, -0.25) is 4.79 Å². The molecule has 0 radical (unpaired) electrons. The highest BCUT2D eigenvalue weighted by Gasteiger charge is 2.11. The van der Waals surface area contributed by atoms with E-state index in [1.165, 1.54) is 11.3 Å². The van der Waals surface area contributed by atoms with Gasteiger partial charge in [-0.2, -0.15) is 0 Å². The van der Waals surface area contributed by atoms with Crippen molar-refractivity contribution in [2.45, 2.75) is 13.5 Å². The van der Waals surface area contributed by atoms with Crippen LogP contribution in [0.3, 0.4) is 0 Å². The first-order chi connectivity index (χ1) is 9.70. The van der Waals surface area contributed by atoms with Gasteiger partial charge in [0, 0.05) is 10.4 Å². The molecule has 0 fully saturated rings. The third-order valence-electron chi connectivity index (χ3n) is 2.60. The Labute approximate surface area is 121 Å². The Kier molecular flexibility index (Phi) is 4.90. The van der Waals surface area contributed by atoms with Crippen LogP contribution in [0.25, 0.3) is 0 Å². The molecular weight excluding hydrogens is 274 g/mol. The van der Waals surface area contributed by atoms with Gasteiger partial charge in [0.1, 0.15) is 0 Å². The predicted octanol–water partition coefficient (Wildman–Crippen LogP) is 3.23. The first kappa shape index (κ1) is 14.3. The molecule has 0 spiro atoms. The van der Waals surface area contributed by atoms with Crippen molar-refractivity contribution in [3.8, 4) is 0 Å². The first-order valence-corrected chi connectivity index (χ1v) is 7.11. The maximum absolute atomic E-state index is 12.2. The summed E-state index contributed by atoms with van der Waals surface area (Å²) < 4.78 is 4.77. The van der Waals surface area contributed by atoms with Crippen LogP contribution in [0.15, 0.2) is 42.5 Å². The molecule has 2 rings (SSSR count). The maximum Gasteiger partial charge on any atom is 0.407 e. The number of hydrogen-bond donors (Lipinski definition) is 1. The standard InChI is InChI=1S/C15H15NO3S/c1-2-19-15(18)16-10-12-8-9-13(20-12)14(17)11-6-4-3-5-7-11/h3-9H,2,10H2,1H3,(H,16,18). The van der Waals surface area contributed by atoms with Crippen LogP contribution in [0.4, 0.5) is 4.79 Å². The zero-order valence-electron chi connectivity index (χ0n) is 11.1.